The van der Waals surface area contributed by atoms with Crippen molar-refractivity contribution in [2.45, 2.75) is 31.9 Å². The maximum Gasteiger partial charge on any atom is 0.135 e. The first kappa shape index (κ1) is 12.8. The molecule has 5 nitrogen and oxygen atoms in total. The fraction of sp³-hybridized carbons (Fsp3) is 0.714. The van der Waals surface area contributed by atoms with Crippen molar-refractivity contribution in [3.05, 3.63) is 17.6 Å². The van der Waals surface area contributed by atoms with Crippen LogP contribution in [0, 0.1) is 0 Å². The molecule has 1 fully saturated rings. The Hall–Kier alpha value is -1.20. The second kappa shape index (κ2) is 5.06. The zero-order valence-electron chi connectivity index (χ0n) is 12.0. The number of likely N-dealkylation sites (N-methyl/N-ethyl adjacent to an activating group) is 1. The minimum atomic E-state index is 0.152. The lowest BCUT2D eigenvalue weighted by Gasteiger charge is -2.39. The molecule has 1 aromatic rings. The fourth-order valence-corrected chi connectivity index (χ4v) is 3.28. The van der Waals surface area contributed by atoms with Gasteiger partial charge in [0.15, 0.2) is 0 Å². The molecule has 1 aromatic heterocycles. The third-order valence-corrected chi connectivity index (χ3v) is 4.30. The van der Waals surface area contributed by atoms with E-state index in [9.17, 15) is 0 Å². The van der Waals surface area contributed by atoms with Gasteiger partial charge in [0, 0.05) is 38.3 Å². The van der Waals surface area contributed by atoms with Crippen LogP contribution >= 0.6 is 0 Å². The van der Waals surface area contributed by atoms with Gasteiger partial charge >= 0.3 is 0 Å². The Labute approximate surface area is 114 Å². The first-order valence-electron chi connectivity index (χ1n) is 7.02. The van der Waals surface area contributed by atoms with Gasteiger partial charge in [-0.3, -0.25) is 0 Å². The van der Waals surface area contributed by atoms with Gasteiger partial charge in [0.2, 0.25) is 0 Å². The van der Waals surface area contributed by atoms with Crippen molar-refractivity contribution in [1.82, 2.24) is 14.9 Å². The summed E-state index contributed by atoms with van der Waals surface area (Å²) >= 11 is 0. The van der Waals surface area contributed by atoms with Gasteiger partial charge < -0.3 is 14.5 Å². The van der Waals surface area contributed by atoms with Gasteiger partial charge in [-0.1, -0.05) is 0 Å². The molecule has 0 N–H and O–H groups in total. The molecule has 0 bridgehead atoms. The summed E-state index contributed by atoms with van der Waals surface area (Å²) in [5, 5.41) is 0. The molecule has 0 saturated carbocycles. The van der Waals surface area contributed by atoms with Crippen molar-refractivity contribution in [1.29, 1.82) is 0 Å². The van der Waals surface area contributed by atoms with Crippen LogP contribution in [0.2, 0.25) is 0 Å². The molecule has 0 amide bonds. The molecule has 5 heteroatoms. The van der Waals surface area contributed by atoms with Crippen LogP contribution in [-0.4, -0.2) is 54.7 Å². The average molecular weight is 262 g/mol. The molecule has 0 radical (unpaired) electrons. The van der Waals surface area contributed by atoms with Crippen molar-refractivity contribution >= 4 is 5.82 Å². The first-order valence-corrected chi connectivity index (χ1v) is 7.02. The van der Waals surface area contributed by atoms with Crippen LogP contribution in [0.1, 0.15) is 30.7 Å². The van der Waals surface area contributed by atoms with Gasteiger partial charge in [-0.15, -0.1) is 0 Å². The minimum Gasteiger partial charge on any atom is -0.375 e. The Bertz CT molecular complexity index is 465. The highest BCUT2D eigenvalue weighted by Crippen LogP contribution is 2.37. The molecule has 104 valence electrons. The highest BCUT2D eigenvalue weighted by atomic mass is 16.5. The third kappa shape index (κ3) is 2.21. The molecule has 1 aliphatic carbocycles. The molecule has 0 aromatic carbocycles. The Morgan fingerprint density at radius 3 is 2.89 bits per heavy atom. The van der Waals surface area contributed by atoms with E-state index in [1.807, 2.05) is 0 Å². The van der Waals surface area contributed by atoms with Gasteiger partial charge in [-0.05, 0) is 26.8 Å². The second-order valence-corrected chi connectivity index (χ2v) is 5.63. The van der Waals surface area contributed by atoms with E-state index < -0.39 is 0 Å². The smallest absolute Gasteiger partial charge is 0.135 e. The topological polar surface area (TPSA) is 41.5 Å². The van der Waals surface area contributed by atoms with Crippen LogP contribution < -0.4 is 4.90 Å². The Morgan fingerprint density at radius 2 is 2.16 bits per heavy atom. The lowest BCUT2D eigenvalue weighted by atomic mass is 10.1. The largest absolute Gasteiger partial charge is 0.375 e. The molecule has 2 atom stereocenters. The SMILES string of the molecule is CO[C@@H]1CCc2c1ncnc2N1CCN(C)C[C@@H]1C. The minimum absolute atomic E-state index is 0.152. The lowest BCUT2D eigenvalue weighted by Crippen LogP contribution is -2.51. The maximum absolute atomic E-state index is 5.51. The first-order chi connectivity index (χ1) is 9.20. The van der Waals surface area contributed by atoms with E-state index >= 15 is 0 Å². The van der Waals surface area contributed by atoms with Crippen LogP contribution in [0.15, 0.2) is 6.33 Å². The number of fused-ring (bicyclic) bond motifs is 1. The van der Waals surface area contributed by atoms with Crippen molar-refractivity contribution in [3.63, 3.8) is 0 Å². The number of methoxy groups -OCH3 is 1. The number of hydrogen-bond donors (Lipinski definition) is 0. The number of nitrogens with zero attached hydrogens (tertiary/aromatic N) is 4. The van der Waals surface area contributed by atoms with Crippen molar-refractivity contribution in [3.8, 4) is 0 Å². The number of rotatable bonds is 2. The van der Waals surface area contributed by atoms with E-state index in [1.54, 1.807) is 13.4 Å². The fourth-order valence-electron chi connectivity index (χ4n) is 3.28. The van der Waals surface area contributed by atoms with Crippen LogP contribution in [0.4, 0.5) is 5.82 Å². The predicted molar refractivity (Wildman–Crippen MR) is 74.4 cm³/mol. The maximum atomic E-state index is 5.51. The standard InChI is InChI=1S/C14H22N4O/c1-10-8-17(2)6-7-18(10)14-11-4-5-12(19-3)13(11)15-9-16-14/h9-10,12H,4-8H2,1-3H3/t10-,12+/m0/s1. The molecule has 0 unspecified atom stereocenters. The van der Waals surface area contributed by atoms with E-state index in [0.29, 0.717) is 6.04 Å². The predicted octanol–water partition coefficient (Wildman–Crippen LogP) is 1.25. The average Bonchev–Trinajstić information content (AvgIpc) is 2.82. The summed E-state index contributed by atoms with van der Waals surface area (Å²) in [6.07, 6.45) is 3.90. The summed E-state index contributed by atoms with van der Waals surface area (Å²) < 4.78 is 5.51. The quantitative estimate of drug-likeness (QED) is 0.802. The van der Waals surface area contributed by atoms with Crippen LogP contribution in [-0.2, 0) is 11.2 Å². The number of ether oxygens (including phenoxy) is 1. The summed E-state index contributed by atoms with van der Waals surface area (Å²) in [6.45, 7) is 5.50. The van der Waals surface area contributed by atoms with Crippen molar-refractivity contribution < 1.29 is 4.74 Å². The zero-order valence-corrected chi connectivity index (χ0v) is 12.0. The molecular weight excluding hydrogens is 240 g/mol. The van der Waals surface area contributed by atoms with Gasteiger partial charge in [-0.2, -0.15) is 0 Å². The summed E-state index contributed by atoms with van der Waals surface area (Å²) in [5.41, 5.74) is 2.39. The van der Waals surface area contributed by atoms with Gasteiger partial charge in [-0.25, -0.2) is 9.97 Å². The Kier molecular flexibility index (Phi) is 3.41. The van der Waals surface area contributed by atoms with Gasteiger partial charge in [0.25, 0.3) is 0 Å². The molecule has 2 aliphatic rings. The van der Waals surface area contributed by atoms with E-state index in [4.69, 9.17) is 4.74 Å². The highest BCUT2D eigenvalue weighted by molar-refractivity contribution is 5.52. The normalized spacial score (nSPS) is 27.6. The monoisotopic (exact) mass is 262 g/mol. The molecule has 2 heterocycles. The molecular formula is C14H22N4O. The molecule has 1 aliphatic heterocycles. The molecule has 3 rings (SSSR count). The van der Waals surface area contributed by atoms with Crippen molar-refractivity contribution in [2.75, 3.05) is 38.7 Å². The number of piperazine rings is 1. The van der Waals surface area contributed by atoms with Gasteiger partial charge in [0.1, 0.15) is 12.1 Å². The lowest BCUT2D eigenvalue weighted by molar-refractivity contribution is 0.102. The Balaban J connectivity index is 1.92. The summed E-state index contributed by atoms with van der Waals surface area (Å²) in [4.78, 5) is 13.8. The van der Waals surface area contributed by atoms with E-state index in [-0.39, 0.29) is 6.10 Å². The number of aromatic nitrogens is 2. The third-order valence-electron chi connectivity index (χ3n) is 4.30. The second-order valence-electron chi connectivity index (χ2n) is 5.63. The molecule has 1 saturated heterocycles. The van der Waals surface area contributed by atoms with E-state index in [0.717, 1.165) is 44.0 Å². The summed E-state index contributed by atoms with van der Waals surface area (Å²) in [6, 6.07) is 0.499. The highest BCUT2D eigenvalue weighted by Gasteiger charge is 2.31. The van der Waals surface area contributed by atoms with E-state index in [2.05, 4.69) is 33.7 Å². The number of hydrogen-bond acceptors (Lipinski definition) is 5. The zero-order chi connectivity index (χ0) is 13.4. The van der Waals surface area contributed by atoms with Crippen LogP contribution in [0.25, 0.3) is 0 Å². The summed E-state index contributed by atoms with van der Waals surface area (Å²) in [5.74, 6) is 1.13. The summed E-state index contributed by atoms with van der Waals surface area (Å²) in [7, 11) is 3.94. The van der Waals surface area contributed by atoms with Crippen molar-refractivity contribution in [2.24, 2.45) is 0 Å². The molecule has 0 spiro atoms. The van der Waals surface area contributed by atoms with Crippen LogP contribution in [0.5, 0.6) is 0 Å². The van der Waals surface area contributed by atoms with Gasteiger partial charge in [0.05, 0.1) is 11.8 Å². The van der Waals surface area contributed by atoms with E-state index in [1.165, 1.54) is 5.56 Å². The van der Waals surface area contributed by atoms with Crippen LogP contribution in [0.3, 0.4) is 0 Å². The molecule has 19 heavy (non-hydrogen) atoms. The number of anilines is 1. The Morgan fingerprint density at radius 1 is 1.32 bits per heavy atom.